The van der Waals surface area contributed by atoms with Gasteiger partial charge in [0.1, 0.15) is 0 Å². The molecule has 0 spiro atoms. The van der Waals surface area contributed by atoms with E-state index in [-0.39, 0.29) is 17.8 Å². The molecule has 3 aromatic rings. The maximum absolute atomic E-state index is 13.4. The van der Waals surface area contributed by atoms with Gasteiger partial charge in [-0.05, 0) is 54.2 Å². The van der Waals surface area contributed by atoms with E-state index in [1.807, 2.05) is 41.3 Å². The largest absolute Gasteiger partial charge is 0.322 e. The molecule has 1 aliphatic rings. The Morgan fingerprint density at radius 2 is 1.87 bits per heavy atom. The molecule has 0 aromatic heterocycles. The van der Waals surface area contributed by atoms with Gasteiger partial charge < -0.3 is 10.2 Å². The summed E-state index contributed by atoms with van der Waals surface area (Å²) in [6, 6.07) is 21.9. The highest BCUT2D eigenvalue weighted by atomic mass is 79.9. The normalized spacial score (nSPS) is 15.1. The topological polar surface area (TPSA) is 75.5 Å². The molecule has 4 rings (SSSR count). The summed E-state index contributed by atoms with van der Waals surface area (Å²) >= 11 is 3.44. The zero-order valence-corrected chi connectivity index (χ0v) is 18.4. The van der Waals surface area contributed by atoms with Crippen LogP contribution in [0, 0.1) is 10.1 Å². The minimum Gasteiger partial charge on any atom is -0.313 e. The van der Waals surface area contributed by atoms with Crippen molar-refractivity contribution in [2.45, 2.75) is 31.8 Å². The highest BCUT2D eigenvalue weighted by Gasteiger charge is 2.29. The first-order chi connectivity index (χ1) is 15.0. The Morgan fingerprint density at radius 3 is 2.61 bits per heavy atom. The van der Waals surface area contributed by atoms with Gasteiger partial charge in [-0.1, -0.05) is 58.4 Å². The molecule has 0 fully saturated rings. The number of nitro benzene ring substituents is 1. The number of benzene rings is 3. The van der Waals surface area contributed by atoms with E-state index >= 15 is 0 Å². The maximum Gasteiger partial charge on any atom is 0.322 e. The van der Waals surface area contributed by atoms with Crippen LogP contribution in [0.25, 0.3) is 0 Å². The summed E-state index contributed by atoms with van der Waals surface area (Å²) in [5.41, 5.74) is 4.02. The zero-order chi connectivity index (χ0) is 21.8. The van der Waals surface area contributed by atoms with E-state index in [0.29, 0.717) is 12.2 Å². The van der Waals surface area contributed by atoms with Crippen LogP contribution in [0.2, 0.25) is 0 Å². The number of hydrogen-bond acceptors (Lipinski definition) is 3. The molecule has 7 heteroatoms. The third-order valence-corrected chi connectivity index (χ3v) is 6.04. The summed E-state index contributed by atoms with van der Waals surface area (Å²) in [6.07, 6.45) is 2.88. The number of rotatable bonds is 5. The lowest BCUT2D eigenvalue weighted by Gasteiger charge is -2.36. The minimum absolute atomic E-state index is 0.0388. The minimum atomic E-state index is -0.418. The van der Waals surface area contributed by atoms with Crippen LogP contribution < -0.4 is 5.32 Å². The molecular weight excluding hydrogens is 458 g/mol. The van der Waals surface area contributed by atoms with E-state index in [1.54, 1.807) is 12.1 Å². The number of fused-ring (bicyclic) bond motifs is 1. The molecule has 158 valence electrons. The summed E-state index contributed by atoms with van der Waals surface area (Å²) in [5, 5.41) is 14.0. The van der Waals surface area contributed by atoms with Gasteiger partial charge in [-0.3, -0.25) is 10.1 Å². The maximum atomic E-state index is 13.4. The smallest absolute Gasteiger partial charge is 0.313 e. The van der Waals surface area contributed by atoms with Crippen LogP contribution in [0.5, 0.6) is 0 Å². The molecule has 0 saturated carbocycles. The van der Waals surface area contributed by atoms with Crippen molar-refractivity contribution in [3.05, 3.63) is 104 Å². The number of non-ortho nitro benzene ring substituents is 1. The first kappa shape index (κ1) is 21.1. The Morgan fingerprint density at radius 1 is 1.10 bits per heavy atom. The molecule has 6 nitrogen and oxygen atoms in total. The number of anilines is 1. The number of halogens is 1. The molecule has 0 heterocycles. The third-order valence-electron chi connectivity index (χ3n) is 5.55. The van der Waals surface area contributed by atoms with Gasteiger partial charge in [-0.2, -0.15) is 0 Å². The van der Waals surface area contributed by atoms with Gasteiger partial charge in [0.05, 0.1) is 11.0 Å². The van der Waals surface area contributed by atoms with Crippen molar-refractivity contribution >= 4 is 33.3 Å². The Balaban J connectivity index is 1.65. The zero-order valence-electron chi connectivity index (χ0n) is 16.8. The summed E-state index contributed by atoms with van der Waals surface area (Å²) in [5.74, 6) is 0. The predicted molar refractivity (Wildman–Crippen MR) is 124 cm³/mol. The molecule has 3 aromatic carbocycles. The van der Waals surface area contributed by atoms with E-state index in [2.05, 4.69) is 33.4 Å². The number of urea groups is 1. The van der Waals surface area contributed by atoms with Crippen LogP contribution in [0.3, 0.4) is 0 Å². The number of amides is 2. The van der Waals surface area contributed by atoms with Crippen LogP contribution in [0.4, 0.5) is 16.2 Å². The second kappa shape index (κ2) is 9.31. The number of nitro groups is 1. The van der Waals surface area contributed by atoms with Gasteiger partial charge in [0.2, 0.25) is 0 Å². The molecule has 1 unspecified atom stereocenters. The molecule has 0 saturated heterocycles. The first-order valence-electron chi connectivity index (χ1n) is 10.2. The molecule has 0 bridgehead atoms. The fourth-order valence-corrected chi connectivity index (χ4v) is 4.46. The van der Waals surface area contributed by atoms with Crippen molar-refractivity contribution in [2.24, 2.45) is 0 Å². The molecule has 1 atom stereocenters. The molecule has 2 amide bonds. The van der Waals surface area contributed by atoms with E-state index < -0.39 is 4.92 Å². The number of carbonyl (C=O) groups excluding carboxylic acids is 1. The van der Waals surface area contributed by atoms with E-state index in [1.165, 1.54) is 23.3 Å². The van der Waals surface area contributed by atoms with Crippen LogP contribution in [-0.4, -0.2) is 15.9 Å². The number of nitrogens with one attached hydrogen (secondary N) is 1. The van der Waals surface area contributed by atoms with Crippen LogP contribution in [0.15, 0.2) is 77.3 Å². The van der Waals surface area contributed by atoms with Crippen LogP contribution in [0.1, 0.15) is 35.6 Å². The van der Waals surface area contributed by atoms with Gasteiger partial charge in [-0.25, -0.2) is 4.79 Å². The van der Waals surface area contributed by atoms with Crippen molar-refractivity contribution in [2.75, 3.05) is 5.32 Å². The fourth-order valence-electron chi connectivity index (χ4n) is 4.06. The summed E-state index contributed by atoms with van der Waals surface area (Å²) in [4.78, 5) is 25.8. The second-order valence-corrected chi connectivity index (χ2v) is 8.51. The lowest BCUT2D eigenvalue weighted by atomic mass is 9.86. The van der Waals surface area contributed by atoms with Gasteiger partial charge in [0.15, 0.2) is 0 Å². The van der Waals surface area contributed by atoms with Crippen molar-refractivity contribution in [1.82, 2.24) is 4.90 Å². The number of nitrogens with zero attached hydrogens (tertiary/aromatic N) is 2. The molecule has 1 N–H and O–H groups in total. The molecule has 0 radical (unpaired) electrons. The second-order valence-electron chi connectivity index (χ2n) is 7.60. The lowest BCUT2D eigenvalue weighted by Crippen LogP contribution is -2.39. The van der Waals surface area contributed by atoms with Crippen LogP contribution >= 0.6 is 15.9 Å². The monoisotopic (exact) mass is 479 g/mol. The Hall–Kier alpha value is -3.19. The SMILES string of the molecule is O=C(Nc1cccc(Br)c1)N(Cc1ccc([N+](=O)[O-])cc1)C1CCCc2ccccc21. The Kier molecular flexibility index (Phi) is 6.32. The predicted octanol–water partition coefficient (Wildman–Crippen LogP) is 6.47. The van der Waals surface area contributed by atoms with E-state index in [9.17, 15) is 14.9 Å². The van der Waals surface area contributed by atoms with Gasteiger partial charge in [0, 0.05) is 28.8 Å². The molecule has 1 aliphatic carbocycles. The number of carbonyl (C=O) groups is 1. The van der Waals surface area contributed by atoms with E-state index in [0.717, 1.165) is 29.3 Å². The number of hydrogen-bond donors (Lipinski definition) is 1. The highest BCUT2D eigenvalue weighted by molar-refractivity contribution is 9.10. The van der Waals surface area contributed by atoms with E-state index in [4.69, 9.17) is 0 Å². The van der Waals surface area contributed by atoms with Gasteiger partial charge in [-0.15, -0.1) is 0 Å². The van der Waals surface area contributed by atoms with Crippen molar-refractivity contribution < 1.29 is 9.72 Å². The Bertz CT molecular complexity index is 1100. The van der Waals surface area contributed by atoms with Gasteiger partial charge >= 0.3 is 6.03 Å². The summed E-state index contributed by atoms with van der Waals surface area (Å²) in [6.45, 7) is 0.358. The summed E-state index contributed by atoms with van der Waals surface area (Å²) in [7, 11) is 0. The first-order valence-corrected chi connectivity index (χ1v) is 10.9. The third kappa shape index (κ3) is 4.94. The molecule has 0 aliphatic heterocycles. The average molecular weight is 480 g/mol. The number of aryl methyl sites for hydroxylation is 1. The Labute approximate surface area is 189 Å². The molecule has 31 heavy (non-hydrogen) atoms. The standard InChI is InChI=1S/C24H22BrN3O3/c25-19-7-4-8-20(15-19)26-24(29)27(16-17-11-13-21(14-12-17)28(30)31)23-10-3-6-18-5-1-2-9-22(18)23/h1-2,4-5,7-9,11-15,23H,3,6,10,16H2,(H,26,29). The van der Waals surface area contributed by atoms with Crippen molar-refractivity contribution in [1.29, 1.82) is 0 Å². The average Bonchev–Trinajstić information content (AvgIpc) is 2.77. The van der Waals surface area contributed by atoms with Crippen molar-refractivity contribution in [3.8, 4) is 0 Å². The van der Waals surface area contributed by atoms with Gasteiger partial charge in [0.25, 0.3) is 5.69 Å². The highest BCUT2D eigenvalue weighted by Crippen LogP contribution is 2.35. The quantitative estimate of drug-likeness (QED) is 0.336. The van der Waals surface area contributed by atoms with Crippen LogP contribution in [-0.2, 0) is 13.0 Å². The molecular formula is C24H22BrN3O3. The summed E-state index contributed by atoms with van der Waals surface area (Å²) < 4.78 is 0.884. The fraction of sp³-hybridized carbons (Fsp3) is 0.208. The lowest BCUT2D eigenvalue weighted by molar-refractivity contribution is -0.384. The van der Waals surface area contributed by atoms with Crippen molar-refractivity contribution in [3.63, 3.8) is 0 Å².